The fraction of sp³-hybridized carbons (Fsp3) is 0.688. The quantitative estimate of drug-likeness (QED) is 0.766. The molecule has 0 aromatic rings. The first-order valence-electron chi connectivity index (χ1n) is 7.52. The van der Waals surface area contributed by atoms with Gasteiger partial charge >= 0.3 is 6.18 Å². The molecule has 1 heterocycles. The third-order valence-electron chi connectivity index (χ3n) is 4.11. The zero-order chi connectivity index (χ0) is 16.3. The fourth-order valence-corrected chi connectivity index (χ4v) is 3.08. The second-order valence-electron chi connectivity index (χ2n) is 5.76. The molecule has 0 N–H and O–H groups in total. The third-order valence-corrected chi connectivity index (χ3v) is 4.11. The number of methoxy groups -OCH3 is 1. The summed E-state index contributed by atoms with van der Waals surface area (Å²) in [6, 6.07) is 0. The van der Waals surface area contributed by atoms with E-state index in [1.807, 2.05) is 0 Å². The lowest BCUT2D eigenvalue weighted by Gasteiger charge is -2.26. The van der Waals surface area contributed by atoms with Crippen molar-refractivity contribution < 1.29 is 27.4 Å². The van der Waals surface area contributed by atoms with E-state index in [2.05, 4.69) is 0 Å². The van der Waals surface area contributed by atoms with Crippen LogP contribution in [0.4, 0.5) is 13.2 Å². The second kappa shape index (κ2) is 6.86. The lowest BCUT2D eigenvalue weighted by molar-refractivity contribution is -0.117. The number of rotatable bonds is 5. The van der Waals surface area contributed by atoms with Crippen molar-refractivity contribution in [3.63, 3.8) is 0 Å². The van der Waals surface area contributed by atoms with Gasteiger partial charge in [0.25, 0.3) is 0 Å². The van der Waals surface area contributed by atoms with Crippen LogP contribution in [0.1, 0.15) is 45.4 Å². The Morgan fingerprint density at radius 2 is 2.14 bits per heavy atom. The highest BCUT2D eigenvalue weighted by molar-refractivity contribution is 5.75. The van der Waals surface area contributed by atoms with E-state index in [0.717, 1.165) is 0 Å². The van der Waals surface area contributed by atoms with Crippen LogP contribution in [-0.2, 0) is 14.3 Å². The van der Waals surface area contributed by atoms with E-state index in [-0.39, 0.29) is 29.6 Å². The van der Waals surface area contributed by atoms with E-state index < -0.39 is 17.9 Å². The number of hydrogen-bond donors (Lipinski definition) is 0. The van der Waals surface area contributed by atoms with Gasteiger partial charge in [0.2, 0.25) is 0 Å². The summed E-state index contributed by atoms with van der Waals surface area (Å²) in [5.74, 6) is 0.0577. The van der Waals surface area contributed by atoms with Crippen molar-refractivity contribution in [3.05, 3.63) is 23.0 Å². The van der Waals surface area contributed by atoms with Crippen molar-refractivity contribution in [1.82, 2.24) is 0 Å². The maximum absolute atomic E-state index is 13.4. The molecule has 0 amide bonds. The van der Waals surface area contributed by atoms with Crippen molar-refractivity contribution in [3.8, 4) is 0 Å². The van der Waals surface area contributed by atoms with Gasteiger partial charge in [-0.1, -0.05) is 6.08 Å². The summed E-state index contributed by atoms with van der Waals surface area (Å²) in [5, 5.41) is 0. The maximum Gasteiger partial charge on any atom is 0.419 e. The molecule has 0 aromatic carbocycles. The third kappa shape index (κ3) is 3.91. The minimum absolute atomic E-state index is 0.0132. The molecule has 1 aliphatic carbocycles. The van der Waals surface area contributed by atoms with Crippen molar-refractivity contribution in [2.45, 2.75) is 63.8 Å². The van der Waals surface area contributed by atoms with E-state index in [1.165, 1.54) is 14.0 Å². The van der Waals surface area contributed by atoms with Crippen molar-refractivity contribution >= 4 is 5.78 Å². The number of carbonyl (C=O) groups is 1. The molecule has 6 heteroatoms. The lowest BCUT2D eigenvalue weighted by atomic mass is 9.90. The number of Topliss-reactive ketones (excluding diaryl/α,β-unsaturated/α-hetero) is 1. The Labute approximate surface area is 128 Å². The van der Waals surface area contributed by atoms with Gasteiger partial charge in [0.15, 0.2) is 0 Å². The molecule has 2 unspecified atom stereocenters. The van der Waals surface area contributed by atoms with Crippen LogP contribution in [-0.4, -0.2) is 31.3 Å². The molecular weight excluding hydrogens is 297 g/mol. The predicted octanol–water partition coefficient (Wildman–Crippen LogP) is 4.09. The average molecular weight is 318 g/mol. The molecule has 0 spiro atoms. The molecule has 0 aromatic heterocycles. The molecule has 2 atom stereocenters. The second-order valence-corrected chi connectivity index (χ2v) is 5.76. The molecule has 1 aliphatic heterocycles. The van der Waals surface area contributed by atoms with Crippen LogP contribution < -0.4 is 0 Å². The smallest absolute Gasteiger partial charge is 0.419 e. The van der Waals surface area contributed by atoms with Gasteiger partial charge in [-0.15, -0.1) is 0 Å². The zero-order valence-corrected chi connectivity index (χ0v) is 12.8. The molecule has 0 bridgehead atoms. The number of halogens is 3. The number of alkyl halides is 3. The summed E-state index contributed by atoms with van der Waals surface area (Å²) in [4.78, 5) is 11.0. The Bertz CT molecular complexity index is 491. The summed E-state index contributed by atoms with van der Waals surface area (Å²) < 4.78 is 50.8. The number of allylic oxidation sites excluding steroid dienone is 2. The minimum atomic E-state index is -4.45. The SMILES string of the molecule is COC1=C(C(F)(F)F)C(C2CCC(CCC(C)=O)O2)=CCC1. The van der Waals surface area contributed by atoms with Crippen molar-refractivity contribution in [1.29, 1.82) is 0 Å². The molecule has 124 valence electrons. The number of ether oxygens (including phenoxy) is 2. The summed E-state index contributed by atoms with van der Waals surface area (Å²) in [7, 11) is 1.27. The Hall–Kier alpha value is -1.30. The van der Waals surface area contributed by atoms with Crippen LogP contribution in [0.25, 0.3) is 0 Å². The van der Waals surface area contributed by atoms with Gasteiger partial charge in [0, 0.05) is 12.8 Å². The van der Waals surface area contributed by atoms with E-state index in [9.17, 15) is 18.0 Å². The average Bonchev–Trinajstić information content (AvgIpc) is 2.92. The van der Waals surface area contributed by atoms with E-state index in [0.29, 0.717) is 32.1 Å². The monoisotopic (exact) mass is 318 g/mol. The van der Waals surface area contributed by atoms with Gasteiger partial charge in [0.05, 0.1) is 24.9 Å². The van der Waals surface area contributed by atoms with Gasteiger partial charge in [-0.3, -0.25) is 0 Å². The first-order chi connectivity index (χ1) is 10.3. The van der Waals surface area contributed by atoms with E-state index in [4.69, 9.17) is 9.47 Å². The standard InChI is InChI=1S/C16H21F3O3/c1-10(20)6-7-11-8-9-13(22-11)12-4-3-5-14(21-2)15(12)16(17,18)19/h4,11,13H,3,5-9H2,1-2H3. The molecule has 0 saturated carbocycles. The van der Waals surface area contributed by atoms with Crippen molar-refractivity contribution in [2.24, 2.45) is 0 Å². The molecular formula is C16H21F3O3. The summed E-state index contributed by atoms with van der Waals surface area (Å²) in [6.07, 6.45) is -0.541. The van der Waals surface area contributed by atoms with Crippen LogP contribution in [0.3, 0.4) is 0 Å². The van der Waals surface area contributed by atoms with Crippen LogP contribution >= 0.6 is 0 Å². The number of carbonyl (C=O) groups excluding carboxylic acids is 1. The topological polar surface area (TPSA) is 35.5 Å². The summed E-state index contributed by atoms with van der Waals surface area (Å²) in [5.41, 5.74) is -0.487. The number of hydrogen-bond acceptors (Lipinski definition) is 3. The molecule has 1 saturated heterocycles. The van der Waals surface area contributed by atoms with Gasteiger partial charge < -0.3 is 14.3 Å². The van der Waals surface area contributed by atoms with Gasteiger partial charge in [-0.2, -0.15) is 13.2 Å². The predicted molar refractivity (Wildman–Crippen MR) is 75.2 cm³/mol. The Morgan fingerprint density at radius 3 is 2.73 bits per heavy atom. The molecule has 2 aliphatic rings. The Morgan fingerprint density at radius 1 is 1.41 bits per heavy atom. The highest BCUT2D eigenvalue weighted by atomic mass is 19.4. The minimum Gasteiger partial charge on any atom is -0.500 e. The lowest BCUT2D eigenvalue weighted by Crippen LogP contribution is -2.26. The first kappa shape index (κ1) is 17.1. The fourth-order valence-electron chi connectivity index (χ4n) is 3.08. The first-order valence-corrected chi connectivity index (χ1v) is 7.52. The van der Waals surface area contributed by atoms with Gasteiger partial charge in [0.1, 0.15) is 11.5 Å². The van der Waals surface area contributed by atoms with Crippen LogP contribution in [0, 0.1) is 0 Å². The molecule has 3 nitrogen and oxygen atoms in total. The van der Waals surface area contributed by atoms with Gasteiger partial charge in [-0.05, 0) is 38.2 Å². The Kier molecular flexibility index (Phi) is 5.32. The largest absolute Gasteiger partial charge is 0.500 e. The highest BCUT2D eigenvalue weighted by Crippen LogP contribution is 2.43. The van der Waals surface area contributed by atoms with Crippen LogP contribution in [0.15, 0.2) is 23.0 Å². The van der Waals surface area contributed by atoms with E-state index in [1.54, 1.807) is 6.08 Å². The van der Waals surface area contributed by atoms with Crippen LogP contribution in [0.2, 0.25) is 0 Å². The normalized spacial score (nSPS) is 26.1. The molecule has 2 rings (SSSR count). The molecule has 0 radical (unpaired) electrons. The van der Waals surface area contributed by atoms with Gasteiger partial charge in [-0.25, -0.2) is 0 Å². The maximum atomic E-state index is 13.4. The van der Waals surface area contributed by atoms with Crippen LogP contribution in [0.5, 0.6) is 0 Å². The highest BCUT2D eigenvalue weighted by Gasteiger charge is 2.44. The number of ketones is 1. The summed E-state index contributed by atoms with van der Waals surface area (Å²) >= 11 is 0. The summed E-state index contributed by atoms with van der Waals surface area (Å²) in [6.45, 7) is 1.51. The molecule has 22 heavy (non-hydrogen) atoms. The van der Waals surface area contributed by atoms with Crippen molar-refractivity contribution in [2.75, 3.05) is 7.11 Å². The Balaban J connectivity index is 2.13. The van der Waals surface area contributed by atoms with E-state index >= 15 is 0 Å². The molecule has 1 fully saturated rings. The zero-order valence-electron chi connectivity index (χ0n) is 12.8.